The summed E-state index contributed by atoms with van der Waals surface area (Å²) in [5.74, 6) is 1.36. The standard InChI is InChI=1S/C13H14ClNO3/c1-8-12(9(2)18-15-8)7-17-13-4-3-11(14)5-10(13)6-16/h3-5,16H,6-7H2,1-2H3. The molecular weight excluding hydrogens is 254 g/mol. The molecule has 0 amide bonds. The number of ether oxygens (including phenoxy) is 1. The van der Waals surface area contributed by atoms with Crippen LogP contribution >= 0.6 is 11.6 Å². The van der Waals surface area contributed by atoms with Gasteiger partial charge in [-0.15, -0.1) is 0 Å². The molecule has 0 radical (unpaired) electrons. The molecule has 1 N–H and O–H groups in total. The van der Waals surface area contributed by atoms with Gasteiger partial charge < -0.3 is 14.4 Å². The van der Waals surface area contributed by atoms with E-state index in [1.54, 1.807) is 18.2 Å². The first kappa shape index (κ1) is 12.9. The second kappa shape index (κ2) is 5.42. The summed E-state index contributed by atoms with van der Waals surface area (Å²) < 4.78 is 10.7. The molecule has 0 aliphatic carbocycles. The van der Waals surface area contributed by atoms with Gasteiger partial charge >= 0.3 is 0 Å². The lowest BCUT2D eigenvalue weighted by Gasteiger charge is -2.10. The molecule has 2 rings (SSSR count). The molecule has 0 spiro atoms. The van der Waals surface area contributed by atoms with Crippen LogP contribution in [-0.4, -0.2) is 10.3 Å². The Kier molecular flexibility index (Phi) is 3.89. The highest BCUT2D eigenvalue weighted by molar-refractivity contribution is 6.30. The minimum Gasteiger partial charge on any atom is -0.488 e. The third kappa shape index (κ3) is 2.66. The summed E-state index contributed by atoms with van der Waals surface area (Å²) in [4.78, 5) is 0. The van der Waals surface area contributed by atoms with Crippen molar-refractivity contribution in [2.75, 3.05) is 0 Å². The minimum absolute atomic E-state index is 0.114. The van der Waals surface area contributed by atoms with E-state index in [0.29, 0.717) is 22.9 Å². The van der Waals surface area contributed by atoms with Crippen molar-refractivity contribution < 1.29 is 14.4 Å². The van der Waals surface area contributed by atoms with Gasteiger partial charge in [0, 0.05) is 10.6 Å². The molecule has 0 unspecified atom stereocenters. The summed E-state index contributed by atoms with van der Waals surface area (Å²) in [6.07, 6.45) is 0. The van der Waals surface area contributed by atoms with Gasteiger partial charge in [-0.3, -0.25) is 0 Å². The molecule has 4 nitrogen and oxygen atoms in total. The van der Waals surface area contributed by atoms with Gasteiger partial charge in [0.1, 0.15) is 18.1 Å². The van der Waals surface area contributed by atoms with E-state index in [-0.39, 0.29) is 6.61 Å². The Labute approximate surface area is 110 Å². The Bertz CT molecular complexity index is 532. The number of aryl methyl sites for hydroxylation is 2. The highest BCUT2D eigenvalue weighted by atomic mass is 35.5. The van der Waals surface area contributed by atoms with Gasteiger partial charge in [-0.05, 0) is 32.0 Å². The van der Waals surface area contributed by atoms with Crippen molar-refractivity contribution in [3.05, 3.63) is 45.8 Å². The van der Waals surface area contributed by atoms with Crippen LogP contribution in [0.4, 0.5) is 0 Å². The molecule has 1 aromatic carbocycles. The molecule has 18 heavy (non-hydrogen) atoms. The maximum Gasteiger partial charge on any atom is 0.140 e. The van der Waals surface area contributed by atoms with E-state index in [2.05, 4.69) is 5.16 Å². The molecule has 0 bridgehead atoms. The molecule has 0 atom stereocenters. The van der Waals surface area contributed by atoms with Gasteiger partial charge in [-0.25, -0.2) is 0 Å². The quantitative estimate of drug-likeness (QED) is 0.925. The Morgan fingerprint density at radius 2 is 2.17 bits per heavy atom. The molecule has 2 aromatic rings. The van der Waals surface area contributed by atoms with E-state index in [1.807, 2.05) is 13.8 Å². The van der Waals surface area contributed by atoms with Crippen LogP contribution in [0.5, 0.6) is 5.75 Å². The van der Waals surface area contributed by atoms with Crippen molar-refractivity contribution in [3.63, 3.8) is 0 Å². The smallest absolute Gasteiger partial charge is 0.140 e. The van der Waals surface area contributed by atoms with Crippen LogP contribution in [0, 0.1) is 13.8 Å². The number of nitrogens with zero attached hydrogens (tertiary/aromatic N) is 1. The normalized spacial score (nSPS) is 10.7. The maximum atomic E-state index is 9.24. The van der Waals surface area contributed by atoms with Crippen LogP contribution < -0.4 is 4.74 Å². The largest absolute Gasteiger partial charge is 0.488 e. The van der Waals surface area contributed by atoms with Crippen molar-refractivity contribution in [1.82, 2.24) is 5.16 Å². The monoisotopic (exact) mass is 267 g/mol. The van der Waals surface area contributed by atoms with E-state index in [9.17, 15) is 5.11 Å². The van der Waals surface area contributed by atoms with Gasteiger partial charge in [-0.1, -0.05) is 16.8 Å². The summed E-state index contributed by atoms with van der Waals surface area (Å²) >= 11 is 5.85. The summed E-state index contributed by atoms with van der Waals surface area (Å²) in [6, 6.07) is 5.15. The van der Waals surface area contributed by atoms with Crippen LogP contribution in [0.2, 0.25) is 5.02 Å². The van der Waals surface area contributed by atoms with Crippen LogP contribution in [0.15, 0.2) is 22.7 Å². The van der Waals surface area contributed by atoms with Gasteiger partial charge in [0.25, 0.3) is 0 Å². The van der Waals surface area contributed by atoms with Gasteiger partial charge in [-0.2, -0.15) is 0 Å². The lowest BCUT2D eigenvalue weighted by atomic mass is 10.2. The highest BCUT2D eigenvalue weighted by Gasteiger charge is 2.11. The van der Waals surface area contributed by atoms with E-state index in [0.717, 1.165) is 17.0 Å². The van der Waals surface area contributed by atoms with Gasteiger partial charge in [0.15, 0.2) is 0 Å². The van der Waals surface area contributed by atoms with Gasteiger partial charge in [0.2, 0.25) is 0 Å². The van der Waals surface area contributed by atoms with Gasteiger partial charge in [0.05, 0.1) is 17.9 Å². The topological polar surface area (TPSA) is 55.5 Å². The Morgan fingerprint density at radius 3 is 2.78 bits per heavy atom. The molecule has 1 heterocycles. The Balaban J connectivity index is 2.15. The zero-order chi connectivity index (χ0) is 13.1. The maximum absolute atomic E-state index is 9.24. The van der Waals surface area contributed by atoms with Crippen LogP contribution in [0.25, 0.3) is 0 Å². The molecule has 0 saturated heterocycles. The first-order valence-corrected chi connectivity index (χ1v) is 5.93. The third-order valence-electron chi connectivity index (χ3n) is 2.75. The summed E-state index contributed by atoms with van der Waals surface area (Å²) in [5.41, 5.74) is 2.40. The lowest BCUT2D eigenvalue weighted by Crippen LogP contribution is -2.00. The van der Waals surface area contributed by atoms with E-state index in [1.165, 1.54) is 0 Å². The number of halogens is 1. The van der Waals surface area contributed by atoms with Crippen molar-refractivity contribution in [1.29, 1.82) is 0 Å². The zero-order valence-electron chi connectivity index (χ0n) is 10.2. The van der Waals surface area contributed by atoms with Crippen molar-refractivity contribution in [2.45, 2.75) is 27.1 Å². The van der Waals surface area contributed by atoms with Crippen molar-refractivity contribution in [3.8, 4) is 5.75 Å². The average Bonchev–Trinajstić information content (AvgIpc) is 2.68. The molecule has 0 fully saturated rings. The van der Waals surface area contributed by atoms with E-state index < -0.39 is 0 Å². The molecule has 96 valence electrons. The summed E-state index contributed by atoms with van der Waals surface area (Å²) in [7, 11) is 0. The van der Waals surface area contributed by atoms with Crippen LogP contribution in [-0.2, 0) is 13.2 Å². The Hall–Kier alpha value is -1.52. The Morgan fingerprint density at radius 1 is 1.39 bits per heavy atom. The number of hydrogen-bond donors (Lipinski definition) is 1. The fraction of sp³-hybridized carbons (Fsp3) is 0.308. The number of benzene rings is 1. The second-order valence-electron chi connectivity index (χ2n) is 4.00. The number of aliphatic hydroxyl groups excluding tert-OH is 1. The number of rotatable bonds is 4. The fourth-order valence-electron chi connectivity index (χ4n) is 1.67. The zero-order valence-corrected chi connectivity index (χ0v) is 11.0. The SMILES string of the molecule is Cc1noc(C)c1COc1ccc(Cl)cc1CO. The lowest BCUT2D eigenvalue weighted by molar-refractivity contribution is 0.258. The summed E-state index contributed by atoms with van der Waals surface area (Å²) in [5, 5.41) is 13.7. The molecule has 0 aliphatic rings. The molecular formula is C13H14ClNO3. The first-order valence-electron chi connectivity index (χ1n) is 5.55. The number of hydrogen-bond acceptors (Lipinski definition) is 4. The minimum atomic E-state index is -0.114. The summed E-state index contributed by atoms with van der Waals surface area (Å²) in [6.45, 7) is 3.95. The first-order chi connectivity index (χ1) is 8.61. The van der Waals surface area contributed by atoms with E-state index in [4.69, 9.17) is 20.9 Å². The van der Waals surface area contributed by atoms with Crippen LogP contribution in [0.1, 0.15) is 22.6 Å². The van der Waals surface area contributed by atoms with Crippen LogP contribution in [0.3, 0.4) is 0 Å². The second-order valence-corrected chi connectivity index (χ2v) is 4.44. The third-order valence-corrected chi connectivity index (χ3v) is 2.98. The number of aromatic nitrogens is 1. The molecule has 0 aliphatic heterocycles. The van der Waals surface area contributed by atoms with Crippen molar-refractivity contribution >= 4 is 11.6 Å². The molecule has 5 heteroatoms. The molecule has 1 aromatic heterocycles. The highest BCUT2D eigenvalue weighted by Crippen LogP contribution is 2.24. The van der Waals surface area contributed by atoms with Crippen molar-refractivity contribution in [2.24, 2.45) is 0 Å². The predicted octanol–water partition coefficient (Wildman–Crippen LogP) is 3.02. The molecule has 0 saturated carbocycles. The number of aliphatic hydroxyl groups is 1. The average molecular weight is 268 g/mol. The fourth-order valence-corrected chi connectivity index (χ4v) is 1.86. The predicted molar refractivity (Wildman–Crippen MR) is 67.7 cm³/mol. The van der Waals surface area contributed by atoms with E-state index >= 15 is 0 Å².